The summed E-state index contributed by atoms with van der Waals surface area (Å²) in [5, 5.41) is 8.52. The van der Waals surface area contributed by atoms with Crippen LogP contribution in [-0.4, -0.2) is 16.3 Å². The topological polar surface area (TPSA) is 29.9 Å². The number of rotatable bonds is 7. The van der Waals surface area contributed by atoms with Crippen molar-refractivity contribution in [2.24, 2.45) is 7.05 Å². The molecule has 0 unspecified atom stereocenters. The minimum atomic E-state index is 0.737. The first-order chi connectivity index (χ1) is 10.1. The van der Waals surface area contributed by atoms with Crippen LogP contribution in [0.25, 0.3) is 0 Å². The molecule has 0 saturated heterocycles. The largest absolute Gasteiger partial charge is 0.313 e. The number of benzene rings is 1. The van der Waals surface area contributed by atoms with Gasteiger partial charge in [-0.3, -0.25) is 4.68 Å². The van der Waals surface area contributed by atoms with Crippen LogP contribution in [0.15, 0.2) is 29.2 Å². The molecule has 0 radical (unpaired) electrons. The number of aromatic nitrogens is 2. The normalized spacial score (nSPS) is 11.0. The zero-order valence-electron chi connectivity index (χ0n) is 12.8. The van der Waals surface area contributed by atoms with Crippen LogP contribution < -0.4 is 5.32 Å². The van der Waals surface area contributed by atoms with Gasteiger partial charge in [-0.1, -0.05) is 30.7 Å². The van der Waals surface area contributed by atoms with Crippen LogP contribution >= 0.6 is 23.4 Å². The molecule has 0 atom stereocenters. The molecule has 0 spiro atoms. The van der Waals surface area contributed by atoms with Crippen LogP contribution in [0.1, 0.15) is 30.2 Å². The van der Waals surface area contributed by atoms with Crippen molar-refractivity contribution in [2.75, 3.05) is 6.54 Å². The van der Waals surface area contributed by atoms with Crippen LogP contribution in [0.4, 0.5) is 0 Å². The number of hydrogen-bond donors (Lipinski definition) is 1. The van der Waals surface area contributed by atoms with E-state index in [1.807, 2.05) is 14.0 Å². The number of hydrogen-bond acceptors (Lipinski definition) is 3. The van der Waals surface area contributed by atoms with Gasteiger partial charge in [0.25, 0.3) is 0 Å². The summed E-state index contributed by atoms with van der Waals surface area (Å²) in [6.45, 7) is 6.17. The van der Waals surface area contributed by atoms with Crippen molar-refractivity contribution < 1.29 is 0 Å². The van der Waals surface area contributed by atoms with Gasteiger partial charge in [-0.05, 0) is 37.6 Å². The lowest BCUT2D eigenvalue weighted by Gasteiger charge is -2.06. The molecule has 1 N–H and O–H groups in total. The molecule has 1 heterocycles. The van der Waals surface area contributed by atoms with Crippen LogP contribution in [0.3, 0.4) is 0 Å². The summed E-state index contributed by atoms with van der Waals surface area (Å²) in [4.78, 5) is 1.27. The molecule has 5 heteroatoms. The molecule has 0 amide bonds. The average molecular weight is 324 g/mol. The maximum absolute atomic E-state index is 6.27. The molecule has 1 aromatic heterocycles. The molecule has 2 rings (SSSR count). The Morgan fingerprint density at radius 3 is 2.86 bits per heavy atom. The number of nitrogens with zero attached hydrogens (tertiary/aromatic N) is 2. The van der Waals surface area contributed by atoms with Gasteiger partial charge in [0, 0.05) is 29.8 Å². The molecule has 21 heavy (non-hydrogen) atoms. The van der Waals surface area contributed by atoms with Gasteiger partial charge >= 0.3 is 0 Å². The van der Waals surface area contributed by atoms with E-state index in [4.69, 9.17) is 11.6 Å². The summed E-state index contributed by atoms with van der Waals surface area (Å²) in [5.74, 6) is 0.852. The van der Waals surface area contributed by atoms with E-state index in [0.717, 1.165) is 41.7 Å². The molecule has 0 aliphatic carbocycles. The predicted octanol–water partition coefficient (Wildman–Crippen LogP) is 4.17. The standard InChI is InChI=1S/C16H22ClN3S/c1-4-8-18-10-13-6-5-7-14(9-13)21-11-15-12(2)19-20(3)16(15)17/h5-7,9,18H,4,8,10-11H2,1-3H3. The third-order valence-corrected chi connectivity index (χ3v) is 4.80. The van der Waals surface area contributed by atoms with Gasteiger partial charge in [0.1, 0.15) is 5.15 Å². The smallest absolute Gasteiger partial charge is 0.131 e. The minimum Gasteiger partial charge on any atom is -0.313 e. The van der Waals surface area contributed by atoms with Crippen molar-refractivity contribution in [1.82, 2.24) is 15.1 Å². The Balaban J connectivity index is 1.98. The fourth-order valence-corrected chi connectivity index (χ4v) is 3.53. The van der Waals surface area contributed by atoms with Gasteiger partial charge < -0.3 is 5.32 Å². The molecule has 1 aromatic carbocycles. The maximum atomic E-state index is 6.27. The van der Waals surface area contributed by atoms with E-state index in [1.54, 1.807) is 16.4 Å². The average Bonchev–Trinajstić information content (AvgIpc) is 2.71. The lowest BCUT2D eigenvalue weighted by Crippen LogP contribution is -2.13. The van der Waals surface area contributed by atoms with Gasteiger partial charge in [0.05, 0.1) is 5.69 Å². The van der Waals surface area contributed by atoms with Crippen LogP contribution in [0.5, 0.6) is 0 Å². The minimum absolute atomic E-state index is 0.737. The van der Waals surface area contributed by atoms with E-state index < -0.39 is 0 Å². The molecule has 2 aromatic rings. The Morgan fingerprint density at radius 2 is 2.19 bits per heavy atom. The second-order valence-electron chi connectivity index (χ2n) is 5.09. The molecular formula is C16H22ClN3S. The van der Waals surface area contributed by atoms with Crippen LogP contribution in [0, 0.1) is 6.92 Å². The molecule has 0 aliphatic rings. The summed E-state index contributed by atoms with van der Waals surface area (Å²) in [7, 11) is 1.88. The molecule has 3 nitrogen and oxygen atoms in total. The first kappa shape index (κ1) is 16.4. The summed E-state index contributed by atoms with van der Waals surface area (Å²) in [5.41, 5.74) is 3.46. The quantitative estimate of drug-likeness (QED) is 0.612. The zero-order chi connectivity index (χ0) is 15.2. The van der Waals surface area contributed by atoms with E-state index >= 15 is 0 Å². The predicted molar refractivity (Wildman–Crippen MR) is 91.0 cm³/mol. The highest BCUT2D eigenvalue weighted by atomic mass is 35.5. The fourth-order valence-electron chi connectivity index (χ4n) is 2.15. The highest BCUT2D eigenvalue weighted by Gasteiger charge is 2.11. The SMILES string of the molecule is CCCNCc1cccc(SCc2c(C)nn(C)c2Cl)c1. The molecule has 0 saturated carbocycles. The van der Waals surface area contributed by atoms with Crippen molar-refractivity contribution in [3.8, 4) is 0 Å². The summed E-state index contributed by atoms with van der Waals surface area (Å²) in [6, 6.07) is 8.67. The lowest BCUT2D eigenvalue weighted by atomic mass is 10.2. The van der Waals surface area contributed by atoms with E-state index in [0.29, 0.717) is 0 Å². The van der Waals surface area contributed by atoms with Gasteiger partial charge in [0.2, 0.25) is 0 Å². The molecule has 114 valence electrons. The Bertz CT molecular complexity index is 595. The second kappa shape index (κ2) is 7.87. The van der Waals surface area contributed by atoms with Gasteiger partial charge in [-0.2, -0.15) is 5.10 Å². The van der Waals surface area contributed by atoms with Crippen LogP contribution in [-0.2, 0) is 19.3 Å². The Morgan fingerprint density at radius 1 is 1.38 bits per heavy atom. The van der Waals surface area contributed by atoms with E-state index in [2.05, 4.69) is 41.6 Å². The maximum Gasteiger partial charge on any atom is 0.131 e. The van der Waals surface area contributed by atoms with Crippen molar-refractivity contribution in [1.29, 1.82) is 0 Å². The monoisotopic (exact) mass is 323 g/mol. The Labute approximate surface area is 136 Å². The van der Waals surface area contributed by atoms with E-state index in [1.165, 1.54) is 10.5 Å². The Hall–Kier alpha value is -0.970. The number of aryl methyl sites for hydroxylation is 2. The molecule has 0 fully saturated rings. The summed E-state index contributed by atoms with van der Waals surface area (Å²) < 4.78 is 1.73. The Kier molecular flexibility index (Phi) is 6.15. The summed E-state index contributed by atoms with van der Waals surface area (Å²) >= 11 is 8.08. The summed E-state index contributed by atoms with van der Waals surface area (Å²) in [6.07, 6.45) is 1.16. The number of nitrogens with one attached hydrogen (secondary N) is 1. The van der Waals surface area contributed by atoms with Crippen molar-refractivity contribution in [2.45, 2.75) is 37.5 Å². The lowest BCUT2D eigenvalue weighted by molar-refractivity contribution is 0.674. The van der Waals surface area contributed by atoms with Crippen molar-refractivity contribution in [3.63, 3.8) is 0 Å². The third-order valence-electron chi connectivity index (χ3n) is 3.31. The molecule has 0 bridgehead atoms. The molecule has 0 aliphatic heterocycles. The zero-order valence-corrected chi connectivity index (χ0v) is 14.4. The van der Waals surface area contributed by atoms with Gasteiger partial charge in [-0.25, -0.2) is 0 Å². The highest BCUT2D eigenvalue weighted by Crippen LogP contribution is 2.28. The van der Waals surface area contributed by atoms with Gasteiger partial charge in [0.15, 0.2) is 0 Å². The first-order valence-electron chi connectivity index (χ1n) is 7.22. The number of halogens is 1. The number of thioether (sulfide) groups is 1. The molecular weight excluding hydrogens is 302 g/mol. The third kappa shape index (κ3) is 4.50. The van der Waals surface area contributed by atoms with Crippen LogP contribution in [0.2, 0.25) is 5.15 Å². The van der Waals surface area contributed by atoms with Crippen molar-refractivity contribution >= 4 is 23.4 Å². The van der Waals surface area contributed by atoms with E-state index in [9.17, 15) is 0 Å². The van der Waals surface area contributed by atoms with E-state index in [-0.39, 0.29) is 0 Å². The van der Waals surface area contributed by atoms with Gasteiger partial charge in [-0.15, -0.1) is 11.8 Å². The first-order valence-corrected chi connectivity index (χ1v) is 8.58. The van der Waals surface area contributed by atoms with Crippen molar-refractivity contribution in [3.05, 3.63) is 46.2 Å². The second-order valence-corrected chi connectivity index (χ2v) is 6.50. The highest BCUT2D eigenvalue weighted by molar-refractivity contribution is 7.98. The fraction of sp³-hybridized carbons (Fsp3) is 0.438.